The minimum absolute atomic E-state index is 0.500. The van der Waals surface area contributed by atoms with Crippen LogP contribution in [0.15, 0.2) is 42.5 Å². The lowest BCUT2D eigenvalue weighted by Crippen LogP contribution is -2.00. The Morgan fingerprint density at radius 2 is 1.42 bits per heavy atom. The predicted octanol–water partition coefficient (Wildman–Crippen LogP) is 4.85. The molecular weight excluding hydrogens is 256 g/mol. The zero-order chi connectivity index (χ0) is 14.0. The van der Waals surface area contributed by atoms with Crippen LogP contribution in [-0.2, 0) is 0 Å². The summed E-state index contributed by atoms with van der Waals surface area (Å²) in [5, 5.41) is 11.1. The second-order valence-electron chi connectivity index (χ2n) is 5.23. The van der Waals surface area contributed by atoms with E-state index in [4.69, 9.17) is 11.6 Å². The molecule has 0 aliphatic heterocycles. The molecule has 0 saturated carbocycles. The number of hydrogen-bond donors (Lipinski definition) is 1. The minimum Gasteiger partial charge on any atom is -0.384 e. The zero-order valence-corrected chi connectivity index (χ0v) is 12.3. The summed E-state index contributed by atoms with van der Waals surface area (Å²) in [6, 6.07) is 13.8. The summed E-state index contributed by atoms with van der Waals surface area (Å²) in [4.78, 5) is 0. The average molecular weight is 275 g/mol. The average Bonchev–Trinajstić information content (AvgIpc) is 2.41. The van der Waals surface area contributed by atoms with Gasteiger partial charge in [-0.2, -0.15) is 0 Å². The lowest BCUT2D eigenvalue weighted by molar-refractivity contribution is 0.220. The zero-order valence-electron chi connectivity index (χ0n) is 11.5. The Morgan fingerprint density at radius 3 is 1.95 bits per heavy atom. The first-order valence-corrected chi connectivity index (χ1v) is 6.91. The SMILES string of the molecule is Cc1ccc(C(O)c2ccc(C(C)C)cc2)cc1Cl. The molecule has 0 radical (unpaired) electrons. The molecule has 0 aliphatic rings. The van der Waals surface area contributed by atoms with Gasteiger partial charge in [0.2, 0.25) is 0 Å². The van der Waals surface area contributed by atoms with Crippen molar-refractivity contribution in [2.24, 2.45) is 0 Å². The van der Waals surface area contributed by atoms with Gasteiger partial charge in [-0.05, 0) is 41.2 Å². The highest BCUT2D eigenvalue weighted by Gasteiger charge is 2.11. The van der Waals surface area contributed by atoms with Crippen molar-refractivity contribution >= 4 is 11.6 Å². The summed E-state index contributed by atoms with van der Waals surface area (Å²) in [7, 11) is 0. The van der Waals surface area contributed by atoms with Crippen LogP contribution in [0.5, 0.6) is 0 Å². The molecule has 2 rings (SSSR count). The fourth-order valence-corrected chi connectivity index (χ4v) is 2.22. The van der Waals surface area contributed by atoms with E-state index in [0.29, 0.717) is 10.9 Å². The van der Waals surface area contributed by atoms with E-state index in [-0.39, 0.29) is 0 Å². The van der Waals surface area contributed by atoms with Crippen LogP contribution in [0.3, 0.4) is 0 Å². The van der Waals surface area contributed by atoms with Crippen molar-refractivity contribution in [3.63, 3.8) is 0 Å². The maximum absolute atomic E-state index is 10.4. The fraction of sp³-hybridized carbons (Fsp3) is 0.294. The highest BCUT2D eigenvalue weighted by Crippen LogP contribution is 2.27. The molecule has 0 aromatic heterocycles. The van der Waals surface area contributed by atoms with E-state index in [0.717, 1.165) is 16.7 Å². The Morgan fingerprint density at radius 1 is 0.895 bits per heavy atom. The number of benzene rings is 2. The third-order valence-corrected chi connectivity index (χ3v) is 3.84. The van der Waals surface area contributed by atoms with Crippen molar-refractivity contribution in [2.75, 3.05) is 0 Å². The van der Waals surface area contributed by atoms with Crippen LogP contribution in [0.1, 0.15) is 48.1 Å². The van der Waals surface area contributed by atoms with Gasteiger partial charge in [-0.3, -0.25) is 0 Å². The predicted molar refractivity (Wildman–Crippen MR) is 80.8 cm³/mol. The molecule has 2 aromatic rings. The van der Waals surface area contributed by atoms with Crippen LogP contribution in [0.2, 0.25) is 5.02 Å². The lowest BCUT2D eigenvalue weighted by Gasteiger charge is -2.14. The number of aliphatic hydroxyl groups excluding tert-OH is 1. The van der Waals surface area contributed by atoms with Gasteiger partial charge >= 0.3 is 0 Å². The van der Waals surface area contributed by atoms with Gasteiger partial charge in [0.1, 0.15) is 6.10 Å². The summed E-state index contributed by atoms with van der Waals surface area (Å²) in [5.41, 5.74) is 4.02. The van der Waals surface area contributed by atoms with Crippen molar-refractivity contribution in [3.05, 3.63) is 69.7 Å². The van der Waals surface area contributed by atoms with Crippen molar-refractivity contribution < 1.29 is 5.11 Å². The molecule has 2 heteroatoms. The molecule has 0 heterocycles. The normalized spacial score (nSPS) is 12.7. The van der Waals surface area contributed by atoms with Crippen LogP contribution in [0.4, 0.5) is 0 Å². The van der Waals surface area contributed by atoms with E-state index < -0.39 is 6.10 Å². The number of hydrogen-bond acceptors (Lipinski definition) is 1. The third kappa shape index (κ3) is 3.17. The van der Waals surface area contributed by atoms with Crippen LogP contribution < -0.4 is 0 Å². The van der Waals surface area contributed by atoms with Crippen molar-refractivity contribution in [3.8, 4) is 0 Å². The summed E-state index contributed by atoms with van der Waals surface area (Å²) >= 11 is 6.10. The molecule has 100 valence electrons. The quantitative estimate of drug-likeness (QED) is 0.848. The second-order valence-corrected chi connectivity index (χ2v) is 5.64. The standard InChI is InChI=1S/C17H19ClO/c1-11(2)13-6-8-14(9-7-13)17(19)15-5-4-12(3)16(18)10-15/h4-11,17,19H,1-3H3. The van der Waals surface area contributed by atoms with Gasteiger partial charge in [0.15, 0.2) is 0 Å². The summed E-state index contributed by atoms with van der Waals surface area (Å²) < 4.78 is 0. The molecule has 0 aliphatic carbocycles. The fourth-order valence-electron chi connectivity index (χ4n) is 2.03. The maximum Gasteiger partial charge on any atom is 0.104 e. The van der Waals surface area contributed by atoms with E-state index in [1.54, 1.807) is 0 Å². The Bertz CT molecular complexity index is 558. The largest absolute Gasteiger partial charge is 0.384 e. The lowest BCUT2D eigenvalue weighted by atomic mass is 9.96. The molecule has 2 aromatic carbocycles. The summed E-state index contributed by atoms with van der Waals surface area (Å²) in [6.07, 6.45) is -0.626. The molecular formula is C17H19ClO. The molecule has 1 unspecified atom stereocenters. The first-order chi connectivity index (χ1) is 8.99. The molecule has 1 N–H and O–H groups in total. The molecule has 0 bridgehead atoms. The Hall–Kier alpha value is -1.31. The number of aryl methyl sites for hydroxylation is 1. The molecule has 1 atom stereocenters. The molecule has 1 nitrogen and oxygen atoms in total. The van der Waals surface area contributed by atoms with E-state index in [1.807, 2.05) is 37.3 Å². The third-order valence-electron chi connectivity index (χ3n) is 3.43. The number of halogens is 1. The van der Waals surface area contributed by atoms with Crippen molar-refractivity contribution in [1.82, 2.24) is 0 Å². The van der Waals surface area contributed by atoms with Gasteiger partial charge < -0.3 is 5.11 Å². The topological polar surface area (TPSA) is 20.2 Å². The molecule has 0 fully saturated rings. The van der Waals surface area contributed by atoms with E-state index in [9.17, 15) is 5.11 Å². The Balaban J connectivity index is 2.27. The van der Waals surface area contributed by atoms with Gasteiger partial charge in [-0.15, -0.1) is 0 Å². The molecule has 0 amide bonds. The Kier molecular flexibility index (Phi) is 4.28. The highest BCUT2D eigenvalue weighted by molar-refractivity contribution is 6.31. The van der Waals surface area contributed by atoms with Crippen molar-refractivity contribution in [1.29, 1.82) is 0 Å². The van der Waals surface area contributed by atoms with Crippen LogP contribution >= 0.6 is 11.6 Å². The Labute approximate surface area is 119 Å². The molecule has 0 saturated heterocycles. The van der Waals surface area contributed by atoms with Gasteiger partial charge in [0.05, 0.1) is 0 Å². The van der Waals surface area contributed by atoms with E-state index >= 15 is 0 Å². The smallest absolute Gasteiger partial charge is 0.104 e. The first-order valence-electron chi connectivity index (χ1n) is 6.53. The highest BCUT2D eigenvalue weighted by atomic mass is 35.5. The van der Waals surface area contributed by atoms with Gasteiger partial charge in [0, 0.05) is 5.02 Å². The van der Waals surface area contributed by atoms with Crippen LogP contribution in [0.25, 0.3) is 0 Å². The summed E-state index contributed by atoms with van der Waals surface area (Å²) in [6.45, 7) is 6.27. The molecule has 19 heavy (non-hydrogen) atoms. The van der Waals surface area contributed by atoms with Gasteiger partial charge in [-0.25, -0.2) is 0 Å². The van der Waals surface area contributed by atoms with E-state index in [2.05, 4.69) is 26.0 Å². The van der Waals surface area contributed by atoms with Crippen molar-refractivity contribution in [2.45, 2.75) is 32.8 Å². The maximum atomic E-state index is 10.4. The number of aliphatic hydroxyl groups is 1. The minimum atomic E-state index is -0.626. The van der Waals surface area contributed by atoms with Gasteiger partial charge in [0.25, 0.3) is 0 Å². The van der Waals surface area contributed by atoms with Gasteiger partial charge in [-0.1, -0.05) is 61.8 Å². The van der Waals surface area contributed by atoms with Crippen LogP contribution in [0, 0.1) is 6.92 Å². The second kappa shape index (κ2) is 5.77. The number of rotatable bonds is 3. The molecule has 0 spiro atoms. The summed E-state index contributed by atoms with van der Waals surface area (Å²) in [5.74, 6) is 0.500. The van der Waals surface area contributed by atoms with E-state index in [1.165, 1.54) is 5.56 Å². The van der Waals surface area contributed by atoms with Crippen LogP contribution in [-0.4, -0.2) is 5.11 Å². The monoisotopic (exact) mass is 274 g/mol. The first kappa shape index (κ1) is 14.1.